The van der Waals surface area contributed by atoms with E-state index >= 15 is 0 Å². The van der Waals surface area contributed by atoms with Crippen molar-refractivity contribution in [2.75, 3.05) is 10.6 Å². The van der Waals surface area contributed by atoms with Crippen LogP contribution in [0.25, 0.3) is 0 Å². The largest absolute Gasteiger partial charge is 0.481 e. The van der Waals surface area contributed by atoms with Gasteiger partial charge in [0.05, 0.1) is 0 Å². The second-order valence-corrected chi connectivity index (χ2v) is 5.21. The van der Waals surface area contributed by atoms with Crippen molar-refractivity contribution in [1.82, 2.24) is 0 Å². The molecule has 0 radical (unpaired) electrons. The zero-order chi connectivity index (χ0) is 18.8. The lowest BCUT2D eigenvalue weighted by Crippen LogP contribution is -2.12. The Hall–Kier alpha value is -3.22. The van der Waals surface area contributed by atoms with Crippen molar-refractivity contribution in [3.05, 3.63) is 49.1 Å². The number of nitrogens with one attached hydrogen (secondary N) is 2. The number of carbonyl (C=O) groups is 4. The maximum atomic E-state index is 12.3. The number of carbonyl (C=O) groups excluding carboxylic acids is 3. The highest BCUT2D eigenvalue weighted by Crippen LogP contribution is 2.21. The van der Waals surface area contributed by atoms with Gasteiger partial charge in [-0.2, -0.15) is 0 Å². The van der Waals surface area contributed by atoms with Crippen LogP contribution in [0.1, 0.15) is 36.0 Å². The number of rotatable bonds is 10. The van der Waals surface area contributed by atoms with Crippen LogP contribution >= 0.6 is 0 Å². The molecule has 0 atom stereocenters. The average Bonchev–Trinajstić information content (AvgIpc) is 2.57. The van der Waals surface area contributed by atoms with Gasteiger partial charge in [-0.25, -0.2) is 0 Å². The first-order valence-electron chi connectivity index (χ1n) is 7.62. The summed E-state index contributed by atoms with van der Waals surface area (Å²) >= 11 is 0. The van der Waals surface area contributed by atoms with Gasteiger partial charge in [-0.15, -0.1) is 0 Å². The molecule has 25 heavy (non-hydrogen) atoms. The van der Waals surface area contributed by atoms with Crippen molar-refractivity contribution < 1.29 is 24.3 Å². The lowest BCUT2D eigenvalue weighted by Gasteiger charge is -2.10. The molecule has 0 bridgehead atoms. The second-order valence-electron chi connectivity index (χ2n) is 5.21. The van der Waals surface area contributed by atoms with Gasteiger partial charge in [0.25, 0.3) is 0 Å². The van der Waals surface area contributed by atoms with E-state index in [2.05, 4.69) is 23.8 Å². The summed E-state index contributed by atoms with van der Waals surface area (Å²) in [5, 5.41) is 13.7. The number of Topliss-reactive ketones (excluding diaryl/α,β-unsaturated/α-hetero) is 1. The molecule has 7 heteroatoms. The van der Waals surface area contributed by atoms with E-state index in [4.69, 9.17) is 5.11 Å². The maximum absolute atomic E-state index is 12.3. The van der Waals surface area contributed by atoms with Gasteiger partial charge in [0.1, 0.15) is 0 Å². The van der Waals surface area contributed by atoms with E-state index < -0.39 is 17.8 Å². The number of hydrogen-bond acceptors (Lipinski definition) is 4. The highest BCUT2D eigenvalue weighted by molar-refractivity contribution is 6.04. The highest BCUT2D eigenvalue weighted by Gasteiger charge is 2.11. The molecule has 0 spiro atoms. The maximum Gasteiger partial charge on any atom is 0.303 e. The van der Waals surface area contributed by atoms with Crippen LogP contribution in [0.4, 0.5) is 11.4 Å². The Balaban J connectivity index is 2.94. The zero-order valence-corrected chi connectivity index (χ0v) is 13.7. The first-order valence-corrected chi connectivity index (χ1v) is 7.62. The average molecular weight is 344 g/mol. The van der Waals surface area contributed by atoms with Gasteiger partial charge in [0, 0.05) is 29.8 Å². The van der Waals surface area contributed by atoms with Gasteiger partial charge in [-0.1, -0.05) is 13.2 Å². The fourth-order valence-electron chi connectivity index (χ4n) is 2.03. The molecule has 0 aliphatic carbocycles. The molecule has 1 aromatic rings. The van der Waals surface area contributed by atoms with E-state index in [0.29, 0.717) is 29.8 Å². The van der Waals surface area contributed by atoms with E-state index in [9.17, 15) is 19.2 Å². The number of amides is 2. The number of carboxylic acid groups (broad SMARTS) is 1. The molecule has 1 aromatic carbocycles. The molecule has 2 amide bonds. The van der Waals surface area contributed by atoms with Crippen molar-refractivity contribution in [3.8, 4) is 0 Å². The Morgan fingerprint density at radius 1 is 0.880 bits per heavy atom. The minimum Gasteiger partial charge on any atom is -0.481 e. The van der Waals surface area contributed by atoms with Crippen LogP contribution in [0.15, 0.2) is 43.5 Å². The highest BCUT2D eigenvalue weighted by atomic mass is 16.4. The zero-order valence-electron chi connectivity index (χ0n) is 13.7. The molecular weight excluding hydrogens is 324 g/mol. The molecule has 0 saturated carbocycles. The molecule has 1 rings (SSSR count). The normalized spacial score (nSPS) is 9.76. The lowest BCUT2D eigenvalue weighted by molar-refractivity contribution is -0.137. The first-order chi connectivity index (χ1) is 11.8. The first kappa shape index (κ1) is 19.8. The fourth-order valence-corrected chi connectivity index (χ4v) is 2.03. The molecular formula is C18H20N2O5. The molecule has 0 unspecified atom stereocenters. The predicted molar refractivity (Wildman–Crippen MR) is 94.5 cm³/mol. The monoisotopic (exact) mass is 344 g/mol. The van der Waals surface area contributed by atoms with Crippen LogP contribution in [0.5, 0.6) is 0 Å². The van der Waals surface area contributed by atoms with E-state index in [0.717, 1.165) is 12.2 Å². The van der Waals surface area contributed by atoms with Crippen LogP contribution in [0, 0.1) is 0 Å². The molecule has 0 heterocycles. The summed E-state index contributed by atoms with van der Waals surface area (Å²) in [6, 6.07) is 4.49. The van der Waals surface area contributed by atoms with Crippen LogP contribution in [0.2, 0.25) is 0 Å². The van der Waals surface area contributed by atoms with Gasteiger partial charge in [-0.3, -0.25) is 19.2 Å². The third-order valence-electron chi connectivity index (χ3n) is 3.21. The van der Waals surface area contributed by atoms with E-state index in [1.807, 2.05) is 0 Å². The molecule has 3 N–H and O–H groups in total. The van der Waals surface area contributed by atoms with Crippen molar-refractivity contribution in [3.63, 3.8) is 0 Å². The van der Waals surface area contributed by atoms with Crippen molar-refractivity contribution in [2.45, 2.75) is 25.7 Å². The van der Waals surface area contributed by atoms with E-state index in [-0.39, 0.29) is 18.6 Å². The summed E-state index contributed by atoms with van der Waals surface area (Å²) in [6.07, 6.45) is 3.17. The molecule has 0 aromatic heterocycles. The summed E-state index contributed by atoms with van der Waals surface area (Å²) in [6.45, 7) is 6.71. The number of unbranched alkanes of at least 4 members (excludes halogenated alkanes) is 1. The minimum absolute atomic E-state index is 0.00333. The summed E-state index contributed by atoms with van der Waals surface area (Å²) < 4.78 is 0. The lowest BCUT2D eigenvalue weighted by atomic mass is 10.0. The third-order valence-corrected chi connectivity index (χ3v) is 3.21. The quantitative estimate of drug-likeness (QED) is 0.343. The van der Waals surface area contributed by atoms with Crippen molar-refractivity contribution in [1.29, 1.82) is 0 Å². The number of anilines is 2. The van der Waals surface area contributed by atoms with E-state index in [1.54, 1.807) is 0 Å². The fraction of sp³-hybridized carbons (Fsp3) is 0.222. The Bertz CT molecular complexity index is 669. The Kier molecular flexibility index (Phi) is 7.78. The number of carboxylic acids is 1. The van der Waals surface area contributed by atoms with Crippen LogP contribution in [-0.4, -0.2) is 28.7 Å². The third kappa shape index (κ3) is 7.26. The van der Waals surface area contributed by atoms with Gasteiger partial charge in [0.15, 0.2) is 5.78 Å². The Morgan fingerprint density at radius 2 is 1.36 bits per heavy atom. The van der Waals surface area contributed by atoms with Gasteiger partial charge >= 0.3 is 5.97 Å². The van der Waals surface area contributed by atoms with Gasteiger partial charge < -0.3 is 15.7 Å². The summed E-state index contributed by atoms with van der Waals surface area (Å²) in [5.74, 6) is -2.02. The topological polar surface area (TPSA) is 113 Å². The van der Waals surface area contributed by atoms with Gasteiger partial charge in [0.2, 0.25) is 11.8 Å². The number of ketones is 1. The van der Waals surface area contributed by atoms with Crippen LogP contribution < -0.4 is 10.6 Å². The Morgan fingerprint density at radius 3 is 1.80 bits per heavy atom. The SMILES string of the molecule is C=CC(=O)Nc1cc(NC(=O)C=C)cc(C(=O)CCCCC(=O)O)c1. The standard InChI is InChI=1S/C18H20N2O5/c1-3-16(22)19-13-9-12(10-14(11-13)20-17(23)4-2)15(21)7-5-6-8-18(24)25/h3-4,9-11H,1-2,5-8H2,(H,19,22)(H,20,23)(H,24,25). The second kappa shape index (κ2) is 9.82. The number of benzene rings is 1. The molecule has 7 nitrogen and oxygen atoms in total. The summed E-state index contributed by atoms with van der Waals surface area (Å²) in [7, 11) is 0. The minimum atomic E-state index is -0.906. The van der Waals surface area contributed by atoms with Crippen LogP contribution in [0.3, 0.4) is 0 Å². The molecule has 0 fully saturated rings. The molecule has 0 saturated heterocycles. The molecule has 132 valence electrons. The number of hydrogen-bond donors (Lipinski definition) is 3. The predicted octanol–water partition coefficient (Wildman–Crippen LogP) is 2.76. The summed E-state index contributed by atoms with van der Waals surface area (Å²) in [4.78, 5) is 45.7. The van der Waals surface area contributed by atoms with Crippen LogP contribution in [-0.2, 0) is 14.4 Å². The van der Waals surface area contributed by atoms with E-state index in [1.165, 1.54) is 18.2 Å². The summed E-state index contributed by atoms with van der Waals surface area (Å²) in [5.41, 5.74) is 0.970. The molecule has 0 aliphatic heterocycles. The van der Waals surface area contributed by atoms with Crippen molar-refractivity contribution >= 4 is 34.9 Å². The number of aliphatic carboxylic acids is 1. The van der Waals surface area contributed by atoms with Gasteiger partial charge in [-0.05, 0) is 43.2 Å². The Labute approximate surface area is 145 Å². The van der Waals surface area contributed by atoms with Crippen molar-refractivity contribution in [2.24, 2.45) is 0 Å². The smallest absolute Gasteiger partial charge is 0.303 e. The molecule has 0 aliphatic rings.